The lowest BCUT2D eigenvalue weighted by atomic mass is 9.96. The number of benzene rings is 2. The molecule has 27 heavy (non-hydrogen) atoms. The van der Waals surface area contributed by atoms with Crippen molar-refractivity contribution in [1.82, 2.24) is 4.90 Å². The lowest BCUT2D eigenvalue weighted by Crippen LogP contribution is -2.36. The van der Waals surface area contributed by atoms with Gasteiger partial charge in [-0.05, 0) is 50.3 Å². The Morgan fingerprint density at radius 3 is 2.30 bits per heavy atom. The fourth-order valence-electron chi connectivity index (χ4n) is 3.18. The third kappa shape index (κ3) is 3.44. The molecule has 2 aromatic carbocycles. The maximum atomic E-state index is 13.2. The van der Waals surface area contributed by atoms with Crippen molar-refractivity contribution in [1.29, 1.82) is 0 Å². The molecule has 1 atom stereocenters. The highest BCUT2D eigenvalue weighted by atomic mass is 16.3. The van der Waals surface area contributed by atoms with Crippen molar-refractivity contribution >= 4 is 16.8 Å². The molecule has 0 saturated carbocycles. The smallest absolute Gasteiger partial charge is 0.215 e. The number of hydrogen-bond donors (Lipinski definition) is 2. The Morgan fingerprint density at radius 1 is 1.07 bits per heavy atom. The molecule has 0 amide bonds. The van der Waals surface area contributed by atoms with Crippen molar-refractivity contribution in [3.8, 4) is 22.6 Å². The number of aromatic hydroxyl groups is 2. The standard InChI is InChI=1S/C21H21NO5/c1-4-16(22(2)3)20(26)21-18(12-5-7-13(23)8-6-12)19(25)15-10-9-14(24)11-17(15)27-21/h5-11,16,23-24H,4H2,1-3H3. The van der Waals surface area contributed by atoms with E-state index < -0.39 is 6.04 Å². The van der Waals surface area contributed by atoms with E-state index in [1.807, 2.05) is 6.92 Å². The van der Waals surface area contributed by atoms with Crippen molar-refractivity contribution in [2.75, 3.05) is 14.1 Å². The minimum absolute atomic E-state index is 0.0515. The highest BCUT2D eigenvalue weighted by Gasteiger charge is 2.28. The number of rotatable bonds is 5. The summed E-state index contributed by atoms with van der Waals surface area (Å²) in [5.41, 5.74) is 0.422. The largest absolute Gasteiger partial charge is 0.508 e. The maximum Gasteiger partial charge on any atom is 0.215 e. The van der Waals surface area contributed by atoms with Crippen LogP contribution in [0.25, 0.3) is 22.1 Å². The molecule has 0 saturated heterocycles. The van der Waals surface area contributed by atoms with Gasteiger partial charge in [0, 0.05) is 6.07 Å². The Labute approximate surface area is 156 Å². The summed E-state index contributed by atoms with van der Waals surface area (Å²) in [4.78, 5) is 28.1. The van der Waals surface area contributed by atoms with Gasteiger partial charge < -0.3 is 14.6 Å². The van der Waals surface area contributed by atoms with Gasteiger partial charge in [-0.15, -0.1) is 0 Å². The van der Waals surface area contributed by atoms with Crippen LogP contribution in [0.15, 0.2) is 51.7 Å². The topological polar surface area (TPSA) is 91.0 Å². The van der Waals surface area contributed by atoms with Crippen molar-refractivity contribution in [3.63, 3.8) is 0 Å². The molecule has 3 aromatic rings. The van der Waals surface area contributed by atoms with E-state index in [9.17, 15) is 19.8 Å². The molecule has 0 radical (unpaired) electrons. The van der Waals surface area contributed by atoms with Gasteiger partial charge >= 0.3 is 0 Å². The summed E-state index contributed by atoms with van der Waals surface area (Å²) in [5.74, 6) is -0.361. The quantitative estimate of drug-likeness (QED) is 0.672. The Kier molecular flexibility index (Phi) is 5.01. The molecule has 0 fully saturated rings. The van der Waals surface area contributed by atoms with Crippen LogP contribution in [-0.2, 0) is 0 Å². The van der Waals surface area contributed by atoms with Gasteiger partial charge in [0.15, 0.2) is 5.76 Å². The van der Waals surface area contributed by atoms with Crippen molar-refractivity contribution in [2.24, 2.45) is 0 Å². The molecule has 0 aliphatic heterocycles. The molecular weight excluding hydrogens is 346 g/mol. The van der Waals surface area contributed by atoms with Crippen LogP contribution in [0.3, 0.4) is 0 Å². The predicted molar refractivity (Wildman–Crippen MR) is 103 cm³/mol. The van der Waals surface area contributed by atoms with Gasteiger partial charge in [0.1, 0.15) is 17.1 Å². The van der Waals surface area contributed by atoms with Gasteiger partial charge in [-0.25, -0.2) is 0 Å². The zero-order valence-corrected chi connectivity index (χ0v) is 15.4. The number of fused-ring (bicyclic) bond motifs is 1. The van der Waals surface area contributed by atoms with Gasteiger partial charge in [0.05, 0.1) is 17.0 Å². The number of likely N-dealkylation sites (N-methyl/N-ethyl adjacent to an activating group) is 1. The van der Waals surface area contributed by atoms with Gasteiger partial charge in [0.25, 0.3) is 0 Å². The third-order valence-corrected chi connectivity index (χ3v) is 4.57. The molecule has 140 valence electrons. The number of carbonyl (C=O) groups is 1. The zero-order chi connectivity index (χ0) is 19.7. The van der Waals surface area contributed by atoms with Crippen LogP contribution < -0.4 is 5.43 Å². The van der Waals surface area contributed by atoms with Crippen molar-refractivity contribution < 1.29 is 19.4 Å². The zero-order valence-electron chi connectivity index (χ0n) is 15.4. The Hall–Kier alpha value is -3.12. The normalized spacial score (nSPS) is 12.4. The molecule has 0 bridgehead atoms. The molecule has 1 unspecified atom stereocenters. The number of ketones is 1. The first-order valence-corrected chi connectivity index (χ1v) is 8.63. The summed E-state index contributed by atoms with van der Waals surface area (Å²) in [5, 5.41) is 19.5. The van der Waals surface area contributed by atoms with Crippen molar-refractivity contribution in [3.05, 3.63) is 58.4 Å². The summed E-state index contributed by atoms with van der Waals surface area (Å²) >= 11 is 0. The number of hydrogen-bond acceptors (Lipinski definition) is 6. The summed E-state index contributed by atoms with van der Waals surface area (Å²) < 4.78 is 5.84. The lowest BCUT2D eigenvalue weighted by Gasteiger charge is -2.22. The number of phenols is 2. The maximum absolute atomic E-state index is 13.2. The average molecular weight is 367 g/mol. The first-order valence-electron chi connectivity index (χ1n) is 8.63. The molecule has 0 aliphatic carbocycles. The molecule has 1 heterocycles. The van der Waals surface area contributed by atoms with Crippen LogP contribution >= 0.6 is 0 Å². The lowest BCUT2D eigenvalue weighted by molar-refractivity contribution is 0.0844. The van der Waals surface area contributed by atoms with E-state index in [-0.39, 0.29) is 45.0 Å². The molecule has 0 spiro atoms. The van der Waals surface area contributed by atoms with E-state index in [1.54, 1.807) is 31.1 Å². The minimum Gasteiger partial charge on any atom is -0.508 e. The number of phenolic OH excluding ortho intramolecular Hbond substituents is 2. The predicted octanol–water partition coefficient (Wildman–Crippen LogP) is 3.39. The fourth-order valence-corrected chi connectivity index (χ4v) is 3.18. The number of carbonyl (C=O) groups excluding carboxylic acids is 1. The van der Waals surface area contributed by atoms with E-state index in [4.69, 9.17) is 4.42 Å². The Balaban J connectivity index is 2.35. The number of Topliss-reactive ketones (excluding diaryl/α,β-unsaturated/α-hetero) is 1. The molecular formula is C21H21NO5. The Morgan fingerprint density at radius 2 is 1.70 bits per heavy atom. The van der Waals surface area contributed by atoms with Crippen molar-refractivity contribution in [2.45, 2.75) is 19.4 Å². The van der Waals surface area contributed by atoms with Gasteiger partial charge in [-0.2, -0.15) is 0 Å². The third-order valence-electron chi connectivity index (χ3n) is 4.57. The number of nitrogens with zero attached hydrogens (tertiary/aromatic N) is 1. The Bertz CT molecular complexity index is 1050. The van der Waals surface area contributed by atoms with Crippen LogP contribution in [0, 0.1) is 0 Å². The fraction of sp³-hybridized carbons (Fsp3) is 0.238. The second-order valence-electron chi connectivity index (χ2n) is 6.61. The van der Waals surface area contributed by atoms with Crippen LogP contribution in [-0.4, -0.2) is 41.0 Å². The highest BCUT2D eigenvalue weighted by Crippen LogP contribution is 2.29. The van der Waals surface area contributed by atoms with Gasteiger partial charge in [0.2, 0.25) is 11.2 Å². The first kappa shape index (κ1) is 18.7. The van der Waals surface area contributed by atoms with E-state index in [2.05, 4.69) is 0 Å². The molecule has 0 aliphatic rings. The summed E-state index contributed by atoms with van der Waals surface area (Å²) in [6.07, 6.45) is 0.544. The molecule has 3 rings (SSSR count). The van der Waals surface area contributed by atoms with Gasteiger partial charge in [-0.1, -0.05) is 19.1 Å². The summed E-state index contributed by atoms with van der Waals surface area (Å²) in [6, 6.07) is 9.78. The molecule has 6 nitrogen and oxygen atoms in total. The summed E-state index contributed by atoms with van der Waals surface area (Å²) in [6.45, 7) is 1.88. The van der Waals surface area contributed by atoms with Crippen LogP contribution in [0.1, 0.15) is 23.9 Å². The van der Waals surface area contributed by atoms with Gasteiger partial charge in [-0.3, -0.25) is 14.5 Å². The SMILES string of the molecule is CCC(C(=O)c1oc2cc(O)ccc2c(=O)c1-c1ccc(O)cc1)N(C)C. The molecule has 1 aromatic heterocycles. The second-order valence-corrected chi connectivity index (χ2v) is 6.61. The second kappa shape index (κ2) is 7.25. The summed E-state index contributed by atoms with van der Waals surface area (Å²) in [7, 11) is 3.58. The molecule has 6 heteroatoms. The minimum atomic E-state index is -0.459. The average Bonchev–Trinajstić information content (AvgIpc) is 2.62. The highest BCUT2D eigenvalue weighted by molar-refractivity contribution is 6.04. The van der Waals surface area contributed by atoms with E-state index in [1.165, 1.54) is 30.3 Å². The van der Waals surface area contributed by atoms with Crippen LogP contribution in [0.5, 0.6) is 11.5 Å². The monoisotopic (exact) mass is 367 g/mol. The van der Waals surface area contributed by atoms with Crippen LogP contribution in [0.2, 0.25) is 0 Å². The molecule has 2 N–H and O–H groups in total. The van der Waals surface area contributed by atoms with E-state index in [0.717, 1.165) is 0 Å². The van der Waals surface area contributed by atoms with E-state index in [0.29, 0.717) is 12.0 Å². The first-order chi connectivity index (χ1) is 12.8. The van der Waals surface area contributed by atoms with Crippen LogP contribution in [0.4, 0.5) is 0 Å². The van der Waals surface area contributed by atoms with E-state index >= 15 is 0 Å².